The van der Waals surface area contributed by atoms with Crippen molar-refractivity contribution in [2.24, 2.45) is 0 Å². The van der Waals surface area contributed by atoms with Gasteiger partial charge in [0, 0.05) is 7.11 Å². The van der Waals surface area contributed by atoms with Crippen LogP contribution >= 0.6 is 11.6 Å². The lowest BCUT2D eigenvalue weighted by Crippen LogP contribution is -2.47. The molecule has 0 saturated carbocycles. The molecule has 0 aromatic carbocycles. The van der Waals surface area contributed by atoms with Gasteiger partial charge in [0.2, 0.25) is 5.91 Å². The van der Waals surface area contributed by atoms with Gasteiger partial charge in [0.1, 0.15) is 5.38 Å². The summed E-state index contributed by atoms with van der Waals surface area (Å²) in [5.74, 6) is -0.508. The van der Waals surface area contributed by atoms with Crippen LogP contribution in [0.3, 0.4) is 0 Å². The van der Waals surface area contributed by atoms with Crippen molar-refractivity contribution in [3.05, 3.63) is 0 Å². The van der Waals surface area contributed by atoms with E-state index in [4.69, 9.17) is 16.3 Å². The Kier molecular flexibility index (Phi) is 7.93. The number of methoxy groups -OCH3 is 1. The zero-order valence-corrected chi connectivity index (χ0v) is 10.6. The number of hydrogen-bond donors (Lipinski definition) is 2. The Hall–Kier alpha value is -0.810. The molecular weight excluding hydrogens is 232 g/mol. The van der Waals surface area contributed by atoms with Crippen LogP contribution in [0, 0.1) is 0 Å². The van der Waals surface area contributed by atoms with E-state index in [-0.39, 0.29) is 6.04 Å². The predicted octanol–water partition coefficient (Wildman–Crippen LogP) is 1.25. The summed E-state index contributed by atoms with van der Waals surface area (Å²) in [7, 11) is 1.56. The molecule has 0 aromatic rings. The minimum absolute atomic E-state index is 0.0894. The van der Waals surface area contributed by atoms with Crippen LogP contribution in [0.2, 0.25) is 0 Å². The number of imide groups is 1. The highest BCUT2D eigenvalue weighted by atomic mass is 35.5. The van der Waals surface area contributed by atoms with Gasteiger partial charge in [-0.2, -0.15) is 0 Å². The highest BCUT2D eigenvalue weighted by Gasteiger charge is 2.15. The third-order valence-electron chi connectivity index (χ3n) is 1.94. The molecule has 94 valence electrons. The summed E-state index contributed by atoms with van der Waals surface area (Å²) in [4.78, 5) is 22.5. The lowest BCUT2D eigenvalue weighted by atomic mass is 10.2. The Morgan fingerprint density at radius 2 is 2.06 bits per heavy atom. The minimum atomic E-state index is -0.724. The lowest BCUT2D eigenvalue weighted by molar-refractivity contribution is -0.119. The summed E-state index contributed by atoms with van der Waals surface area (Å²) in [6.07, 6.45) is 1.72. The SMILES string of the molecule is CCCC(COC)NC(=O)NC(=O)C(C)Cl. The number of urea groups is 1. The summed E-state index contributed by atoms with van der Waals surface area (Å²) in [5.41, 5.74) is 0. The third kappa shape index (κ3) is 6.63. The number of carbonyl (C=O) groups excluding carboxylic acids is 2. The van der Waals surface area contributed by atoms with Crippen LogP contribution in [0.5, 0.6) is 0 Å². The second-order valence-corrected chi connectivity index (χ2v) is 4.17. The van der Waals surface area contributed by atoms with Crippen LogP contribution in [0.1, 0.15) is 26.7 Å². The Labute approximate surface area is 101 Å². The zero-order valence-electron chi connectivity index (χ0n) is 9.88. The maximum absolute atomic E-state index is 11.4. The fraction of sp³-hybridized carbons (Fsp3) is 0.800. The summed E-state index contributed by atoms with van der Waals surface area (Å²) in [6, 6.07) is -0.624. The summed E-state index contributed by atoms with van der Waals surface area (Å²) in [5, 5.41) is 4.08. The van der Waals surface area contributed by atoms with Gasteiger partial charge < -0.3 is 10.1 Å². The van der Waals surface area contributed by atoms with Gasteiger partial charge in [-0.3, -0.25) is 10.1 Å². The van der Waals surface area contributed by atoms with Gasteiger partial charge >= 0.3 is 6.03 Å². The average molecular weight is 251 g/mol. The molecule has 6 heteroatoms. The van der Waals surface area contributed by atoms with Crippen molar-refractivity contribution >= 4 is 23.5 Å². The van der Waals surface area contributed by atoms with Gasteiger partial charge in [0.05, 0.1) is 12.6 Å². The molecule has 0 fully saturated rings. The highest BCUT2D eigenvalue weighted by molar-refractivity contribution is 6.31. The van der Waals surface area contributed by atoms with E-state index in [1.807, 2.05) is 6.92 Å². The predicted molar refractivity (Wildman–Crippen MR) is 62.6 cm³/mol. The van der Waals surface area contributed by atoms with Crippen LogP contribution in [-0.4, -0.2) is 37.1 Å². The third-order valence-corrected chi connectivity index (χ3v) is 2.14. The number of hydrogen-bond acceptors (Lipinski definition) is 3. The lowest BCUT2D eigenvalue weighted by Gasteiger charge is -2.17. The molecule has 0 bridgehead atoms. The summed E-state index contributed by atoms with van der Waals surface area (Å²) < 4.78 is 4.96. The fourth-order valence-corrected chi connectivity index (χ4v) is 1.23. The van der Waals surface area contributed by atoms with E-state index < -0.39 is 17.3 Å². The van der Waals surface area contributed by atoms with E-state index in [1.165, 1.54) is 6.92 Å². The molecule has 0 aromatic heterocycles. The second-order valence-electron chi connectivity index (χ2n) is 3.52. The normalized spacial score (nSPS) is 14.0. The van der Waals surface area contributed by atoms with Crippen LogP contribution in [0.25, 0.3) is 0 Å². The van der Waals surface area contributed by atoms with Crippen molar-refractivity contribution in [2.75, 3.05) is 13.7 Å². The molecular formula is C10H19ClN2O3. The molecule has 0 rings (SSSR count). The summed E-state index contributed by atoms with van der Waals surface area (Å²) >= 11 is 5.51. The first-order chi connectivity index (χ1) is 7.51. The topological polar surface area (TPSA) is 67.4 Å². The Bertz CT molecular complexity index is 228. The maximum Gasteiger partial charge on any atom is 0.321 e. The Balaban J connectivity index is 4.03. The van der Waals surface area contributed by atoms with Crippen molar-refractivity contribution in [1.82, 2.24) is 10.6 Å². The molecule has 16 heavy (non-hydrogen) atoms. The van der Waals surface area contributed by atoms with Crippen molar-refractivity contribution < 1.29 is 14.3 Å². The Morgan fingerprint density at radius 3 is 2.50 bits per heavy atom. The van der Waals surface area contributed by atoms with Crippen molar-refractivity contribution in [3.63, 3.8) is 0 Å². The molecule has 0 aliphatic rings. The first kappa shape index (κ1) is 15.2. The molecule has 0 aliphatic carbocycles. The van der Waals surface area contributed by atoms with Gasteiger partial charge in [-0.1, -0.05) is 13.3 Å². The maximum atomic E-state index is 11.4. The van der Waals surface area contributed by atoms with Gasteiger partial charge in [-0.15, -0.1) is 11.6 Å². The van der Waals surface area contributed by atoms with Crippen molar-refractivity contribution in [2.45, 2.75) is 38.1 Å². The van der Waals surface area contributed by atoms with Crippen LogP contribution < -0.4 is 10.6 Å². The molecule has 2 N–H and O–H groups in total. The fourth-order valence-electron chi connectivity index (χ4n) is 1.18. The molecule has 0 saturated heterocycles. The zero-order chi connectivity index (χ0) is 12.6. The summed E-state index contributed by atoms with van der Waals surface area (Å²) in [6.45, 7) is 3.93. The number of rotatable bonds is 6. The monoisotopic (exact) mass is 250 g/mol. The molecule has 0 radical (unpaired) electrons. The van der Waals surface area contributed by atoms with E-state index in [2.05, 4.69) is 10.6 Å². The molecule has 0 aliphatic heterocycles. The van der Waals surface area contributed by atoms with E-state index in [1.54, 1.807) is 7.11 Å². The number of carbonyl (C=O) groups is 2. The molecule has 5 nitrogen and oxygen atoms in total. The van der Waals surface area contributed by atoms with E-state index in [0.717, 1.165) is 12.8 Å². The van der Waals surface area contributed by atoms with Crippen LogP contribution in [0.4, 0.5) is 4.79 Å². The number of nitrogens with one attached hydrogen (secondary N) is 2. The van der Waals surface area contributed by atoms with Crippen molar-refractivity contribution in [3.8, 4) is 0 Å². The van der Waals surface area contributed by atoms with Gasteiger partial charge in [0.25, 0.3) is 0 Å². The van der Waals surface area contributed by atoms with E-state index in [0.29, 0.717) is 6.61 Å². The first-order valence-electron chi connectivity index (χ1n) is 5.25. The average Bonchev–Trinajstić information content (AvgIpc) is 2.17. The molecule has 3 amide bonds. The Morgan fingerprint density at radius 1 is 1.44 bits per heavy atom. The molecule has 2 atom stereocenters. The first-order valence-corrected chi connectivity index (χ1v) is 5.69. The van der Waals surface area contributed by atoms with Crippen molar-refractivity contribution in [1.29, 1.82) is 0 Å². The largest absolute Gasteiger partial charge is 0.383 e. The highest BCUT2D eigenvalue weighted by Crippen LogP contribution is 1.97. The van der Waals surface area contributed by atoms with E-state index >= 15 is 0 Å². The van der Waals surface area contributed by atoms with Crippen LogP contribution in [-0.2, 0) is 9.53 Å². The van der Waals surface area contributed by atoms with Gasteiger partial charge in [-0.05, 0) is 13.3 Å². The minimum Gasteiger partial charge on any atom is -0.383 e. The quantitative estimate of drug-likeness (QED) is 0.698. The van der Waals surface area contributed by atoms with Gasteiger partial charge in [0.15, 0.2) is 0 Å². The standard InChI is InChI=1S/C10H19ClN2O3/c1-4-5-8(6-16-3)12-10(15)13-9(14)7(2)11/h7-8H,4-6H2,1-3H3,(H2,12,13,14,15). The molecule has 0 heterocycles. The number of ether oxygens (including phenoxy) is 1. The second kappa shape index (κ2) is 8.35. The molecule has 2 unspecified atom stereocenters. The molecule has 0 spiro atoms. The number of halogens is 1. The smallest absolute Gasteiger partial charge is 0.321 e. The van der Waals surface area contributed by atoms with Crippen LogP contribution in [0.15, 0.2) is 0 Å². The van der Waals surface area contributed by atoms with Gasteiger partial charge in [-0.25, -0.2) is 4.79 Å². The van der Waals surface area contributed by atoms with E-state index in [9.17, 15) is 9.59 Å². The number of alkyl halides is 1. The number of amides is 3.